The number of nitrogens with zero attached hydrogens (tertiary/aromatic N) is 2. The number of hydrogen-bond donors (Lipinski definition) is 2. The molecule has 0 spiro atoms. The molecule has 0 bridgehead atoms. The number of benzene rings is 1. The molecule has 0 amide bonds. The van der Waals surface area contributed by atoms with Crippen molar-refractivity contribution < 1.29 is 9.84 Å². The van der Waals surface area contributed by atoms with E-state index >= 15 is 0 Å². The van der Waals surface area contributed by atoms with Crippen molar-refractivity contribution in [3.8, 4) is 11.5 Å². The van der Waals surface area contributed by atoms with Crippen LogP contribution in [0.1, 0.15) is 23.1 Å². The maximum Gasteiger partial charge on any atom is 0.203 e. The molecule has 5 nitrogen and oxygen atoms in total. The smallest absolute Gasteiger partial charge is 0.203 e. The summed E-state index contributed by atoms with van der Waals surface area (Å²) in [5, 5.41) is 14.5. The van der Waals surface area contributed by atoms with E-state index in [2.05, 4.69) is 15.5 Å². The van der Waals surface area contributed by atoms with Crippen molar-refractivity contribution in [3.05, 3.63) is 34.3 Å². The number of aryl methyl sites for hydroxylation is 2. The maximum atomic E-state index is 9.61. The first-order valence-corrected chi connectivity index (χ1v) is 7.10. The monoisotopic (exact) mass is 291 g/mol. The lowest BCUT2D eigenvalue weighted by Gasteiger charge is -2.05. The molecule has 0 aliphatic rings. The molecule has 6 heteroatoms. The first-order chi connectivity index (χ1) is 9.60. The molecule has 0 aliphatic carbocycles. The van der Waals surface area contributed by atoms with Gasteiger partial charge in [-0.05, 0) is 44.5 Å². The minimum atomic E-state index is 0.128. The van der Waals surface area contributed by atoms with Crippen molar-refractivity contribution in [3.63, 3.8) is 0 Å². The lowest BCUT2D eigenvalue weighted by molar-refractivity contribution is 0.318. The number of hydrazone groups is 1. The number of rotatable bonds is 5. The molecular formula is C14H17N3O2S. The van der Waals surface area contributed by atoms with Gasteiger partial charge in [-0.25, -0.2) is 4.98 Å². The zero-order chi connectivity index (χ0) is 14.5. The zero-order valence-electron chi connectivity index (χ0n) is 11.7. The third-order valence-corrected chi connectivity index (χ3v) is 3.66. The molecule has 20 heavy (non-hydrogen) atoms. The molecule has 1 aromatic carbocycles. The van der Waals surface area contributed by atoms with E-state index in [1.165, 1.54) is 4.88 Å². The number of aromatic nitrogens is 1. The van der Waals surface area contributed by atoms with Crippen molar-refractivity contribution >= 4 is 22.7 Å². The molecule has 0 atom stereocenters. The highest BCUT2D eigenvalue weighted by Crippen LogP contribution is 2.26. The number of hydrogen-bond acceptors (Lipinski definition) is 6. The Morgan fingerprint density at radius 3 is 2.90 bits per heavy atom. The maximum absolute atomic E-state index is 9.61. The van der Waals surface area contributed by atoms with E-state index in [9.17, 15) is 5.11 Å². The Labute approximate surface area is 121 Å². The third-order valence-electron chi connectivity index (χ3n) is 2.69. The van der Waals surface area contributed by atoms with Gasteiger partial charge in [-0.2, -0.15) is 5.10 Å². The number of phenols is 1. The summed E-state index contributed by atoms with van der Waals surface area (Å²) < 4.78 is 5.32. The van der Waals surface area contributed by atoms with Crippen molar-refractivity contribution in [2.24, 2.45) is 5.10 Å². The highest BCUT2D eigenvalue weighted by Gasteiger charge is 2.03. The van der Waals surface area contributed by atoms with Crippen LogP contribution in [0.25, 0.3) is 0 Å². The van der Waals surface area contributed by atoms with E-state index in [-0.39, 0.29) is 5.75 Å². The summed E-state index contributed by atoms with van der Waals surface area (Å²) in [5.41, 5.74) is 4.74. The zero-order valence-corrected chi connectivity index (χ0v) is 12.5. The van der Waals surface area contributed by atoms with Gasteiger partial charge in [0.25, 0.3) is 0 Å². The molecule has 0 unspecified atom stereocenters. The molecule has 106 valence electrons. The van der Waals surface area contributed by atoms with Crippen LogP contribution in [-0.2, 0) is 0 Å². The van der Waals surface area contributed by atoms with E-state index in [0.29, 0.717) is 12.4 Å². The number of phenolic OH excluding ortho intramolecular Hbond substituents is 1. The Morgan fingerprint density at radius 1 is 1.45 bits per heavy atom. The second kappa shape index (κ2) is 6.38. The van der Waals surface area contributed by atoms with Crippen molar-refractivity contribution in [1.29, 1.82) is 0 Å². The van der Waals surface area contributed by atoms with Gasteiger partial charge in [0.15, 0.2) is 11.5 Å². The number of anilines is 1. The molecule has 0 saturated carbocycles. The van der Waals surface area contributed by atoms with Crippen LogP contribution in [0.15, 0.2) is 23.3 Å². The van der Waals surface area contributed by atoms with Gasteiger partial charge in [0.2, 0.25) is 5.13 Å². The summed E-state index contributed by atoms with van der Waals surface area (Å²) in [6, 6.07) is 5.09. The van der Waals surface area contributed by atoms with E-state index in [1.807, 2.05) is 20.8 Å². The minimum absolute atomic E-state index is 0.128. The van der Waals surface area contributed by atoms with Gasteiger partial charge >= 0.3 is 0 Å². The van der Waals surface area contributed by atoms with Gasteiger partial charge in [0.1, 0.15) is 0 Å². The fourth-order valence-electron chi connectivity index (χ4n) is 1.56. The third kappa shape index (κ3) is 3.48. The summed E-state index contributed by atoms with van der Waals surface area (Å²) in [7, 11) is 0. The van der Waals surface area contributed by atoms with Crippen LogP contribution < -0.4 is 10.2 Å². The SMILES string of the molecule is CCOc1cc(/C=N/Nc2nc(C)c(C)s2)ccc1O. The number of ether oxygens (including phenoxy) is 1. The van der Waals surface area contributed by atoms with E-state index < -0.39 is 0 Å². The average molecular weight is 291 g/mol. The topological polar surface area (TPSA) is 66.7 Å². The van der Waals surface area contributed by atoms with Crippen molar-refractivity contribution in [2.75, 3.05) is 12.0 Å². The largest absolute Gasteiger partial charge is 0.504 e. The fraction of sp³-hybridized carbons (Fsp3) is 0.286. The first-order valence-electron chi connectivity index (χ1n) is 6.29. The van der Waals surface area contributed by atoms with E-state index in [1.54, 1.807) is 35.8 Å². The summed E-state index contributed by atoms with van der Waals surface area (Å²) in [4.78, 5) is 5.50. The Bertz CT molecular complexity index is 603. The summed E-state index contributed by atoms with van der Waals surface area (Å²) >= 11 is 1.56. The van der Waals surface area contributed by atoms with Gasteiger partial charge in [0.05, 0.1) is 18.5 Å². The van der Waals surface area contributed by atoms with E-state index in [0.717, 1.165) is 16.4 Å². The molecule has 0 aliphatic heterocycles. The highest BCUT2D eigenvalue weighted by atomic mass is 32.1. The predicted molar refractivity (Wildman–Crippen MR) is 82.1 cm³/mol. The van der Waals surface area contributed by atoms with Crippen molar-refractivity contribution in [1.82, 2.24) is 4.98 Å². The van der Waals surface area contributed by atoms with Gasteiger partial charge in [-0.3, -0.25) is 5.43 Å². The van der Waals surface area contributed by atoms with Crippen LogP contribution in [0.5, 0.6) is 11.5 Å². The molecule has 2 N–H and O–H groups in total. The van der Waals surface area contributed by atoms with Crippen LogP contribution in [0.4, 0.5) is 5.13 Å². The van der Waals surface area contributed by atoms with Crippen LogP contribution in [0.3, 0.4) is 0 Å². The van der Waals surface area contributed by atoms with E-state index in [4.69, 9.17) is 4.74 Å². The molecule has 0 radical (unpaired) electrons. The quantitative estimate of drug-likeness (QED) is 0.655. The Morgan fingerprint density at radius 2 is 2.25 bits per heavy atom. The number of aromatic hydroxyl groups is 1. The van der Waals surface area contributed by atoms with Crippen LogP contribution in [0.2, 0.25) is 0 Å². The predicted octanol–water partition coefficient (Wildman–Crippen LogP) is 3.31. The summed E-state index contributed by atoms with van der Waals surface area (Å²) in [5.74, 6) is 0.584. The van der Waals surface area contributed by atoms with Crippen LogP contribution >= 0.6 is 11.3 Å². The van der Waals surface area contributed by atoms with Gasteiger partial charge in [-0.15, -0.1) is 11.3 Å². The lowest BCUT2D eigenvalue weighted by atomic mass is 10.2. The molecular weight excluding hydrogens is 274 g/mol. The lowest BCUT2D eigenvalue weighted by Crippen LogP contribution is -1.94. The first kappa shape index (κ1) is 14.3. The fourth-order valence-corrected chi connectivity index (χ4v) is 2.33. The molecule has 0 fully saturated rings. The molecule has 1 aromatic heterocycles. The molecule has 1 heterocycles. The van der Waals surface area contributed by atoms with Crippen LogP contribution in [0, 0.1) is 13.8 Å². The molecule has 2 aromatic rings. The minimum Gasteiger partial charge on any atom is -0.504 e. The van der Waals surface area contributed by atoms with Gasteiger partial charge < -0.3 is 9.84 Å². The highest BCUT2D eigenvalue weighted by molar-refractivity contribution is 7.15. The summed E-state index contributed by atoms with van der Waals surface area (Å²) in [6.45, 7) is 6.37. The van der Waals surface area contributed by atoms with Gasteiger partial charge in [-0.1, -0.05) is 0 Å². The second-order valence-electron chi connectivity index (χ2n) is 4.19. The average Bonchev–Trinajstić information content (AvgIpc) is 2.73. The Kier molecular flexibility index (Phi) is 4.57. The molecule has 0 saturated heterocycles. The Hall–Kier alpha value is -2.08. The summed E-state index contributed by atoms with van der Waals surface area (Å²) in [6.07, 6.45) is 1.66. The number of thiazole rings is 1. The Balaban J connectivity index is 2.05. The van der Waals surface area contributed by atoms with Crippen molar-refractivity contribution in [2.45, 2.75) is 20.8 Å². The normalized spacial score (nSPS) is 10.9. The second-order valence-corrected chi connectivity index (χ2v) is 5.39. The van der Waals surface area contributed by atoms with Gasteiger partial charge in [0, 0.05) is 4.88 Å². The number of nitrogens with one attached hydrogen (secondary N) is 1. The molecule has 2 rings (SSSR count). The standard InChI is InChI=1S/C14H17N3O2S/c1-4-19-13-7-11(5-6-12(13)18)8-15-17-14-16-9(2)10(3)20-14/h5-8,18H,4H2,1-3H3,(H,16,17)/b15-8+. The van der Waals surface area contributed by atoms with Crippen LogP contribution in [-0.4, -0.2) is 22.9 Å².